The van der Waals surface area contributed by atoms with E-state index < -0.39 is 0 Å². The second-order valence-corrected chi connectivity index (χ2v) is 5.45. The van der Waals surface area contributed by atoms with Crippen molar-refractivity contribution in [3.63, 3.8) is 0 Å². The molecule has 0 aliphatic heterocycles. The van der Waals surface area contributed by atoms with Crippen molar-refractivity contribution in [1.82, 2.24) is 20.5 Å². The predicted molar refractivity (Wildman–Crippen MR) is 74.2 cm³/mol. The first-order valence-electron chi connectivity index (χ1n) is 5.63. The largest absolute Gasteiger partial charge is 0.313 e. The number of aryl methyl sites for hydroxylation is 1. The van der Waals surface area contributed by atoms with Crippen LogP contribution in [0.1, 0.15) is 24.4 Å². The number of aromatic nitrogens is 3. The number of rotatable bonds is 4. The van der Waals surface area contributed by atoms with Crippen LogP contribution in [0.2, 0.25) is 5.02 Å². The Balaban J connectivity index is 2.18. The molecule has 1 aromatic carbocycles. The summed E-state index contributed by atoms with van der Waals surface area (Å²) in [7, 11) is 1.92. The number of benzene rings is 1. The lowest BCUT2D eigenvalue weighted by molar-refractivity contribution is 0.652. The molecule has 0 fully saturated rings. The van der Waals surface area contributed by atoms with Crippen LogP contribution in [0.5, 0.6) is 0 Å². The first kappa shape index (κ1) is 13.4. The van der Waals surface area contributed by atoms with Gasteiger partial charge in [-0.25, -0.2) is 4.98 Å². The Morgan fingerprint density at radius 2 is 2.22 bits per heavy atom. The van der Waals surface area contributed by atoms with E-state index in [0.29, 0.717) is 5.16 Å². The van der Waals surface area contributed by atoms with Gasteiger partial charge in [-0.15, -0.1) is 5.10 Å². The van der Waals surface area contributed by atoms with Gasteiger partial charge < -0.3 is 5.32 Å². The normalized spacial score (nSPS) is 12.7. The molecule has 0 saturated carbocycles. The number of halogens is 1. The van der Waals surface area contributed by atoms with Gasteiger partial charge in [-0.2, -0.15) is 0 Å². The van der Waals surface area contributed by atoms with Crippen molar-refractivity contribution < 1.29 is 0 Å². The molecule has 6 heteroatoms. The van der Waals surface area contributed by atoms with Crippen molar-refractivity contribution >= 4 is 23.4 Å². The maximum atomic E-state index is 6.27. The third kappa shape index (κ3) is 3.04. The topological polar surface area (TPSA) is 53.6 Å². The minimum Gasteiger partial charge on any atom is -0.313 e. The average molecular weight is 283 g/mol. The van der Waals surface area contributed by atoms with E-state index in [1.807, 2.05) is 32.2 Å². The third-order valence-electron chi connectivity index (χ3n) is 2.66. The van der Waals surface area contributed by atoms with E-state index in [-0.39, 0.29) is 6.04 Å². The lowest BCUT2D eigenvalue weighted by atomic mass is 10.1. The second kappa shape index (κ2) is 5.73. The lowest BCUT2D eigenvalue weighted by Gasteiger charge is -2.13. The number of hydrogen-bond donors (Lipinski definition) is 2. The van der Waals surface area contributed by atoms with E-state index in [1.165, 1.54) is 11.8 Å². The number of hydrogen-bond acceptors (Lipinski definition) is 4. The van der Waals surface area contributed by atoms with Gasteiger partial charge in [0.25, 0.3) is 0 Å². The monoisotopic (exact) mass is 282 g/mol. The molecule has 18 heavy (non-hydrogen) atoms. The Morgan fingerprint density at radius 3 is 2.78 bits per heavy atom. The van der Waals surface area contributed by atoms with E-state index in [0.717, 1.165) is 21.3 Å². The highest BCUT2D eigenvalue weighted by molar-refractivity contribution is 7.99. The van der Waals surface area contributed by atoms with Crippen LogP contribution in [-0.4, -0.2) is 22.2 Å². The summed E-state index contributed by atoms with van der Waals surface area (Å²) in [4.78, 5) is 5.28. The van der Waals surface area contributed by atoms with Crippen LogP contribution >= 0.6 is 23.4 Å². The van der Waals surface area contributed by atoms with Crippen LogP contribution < -0.4 is 5.32 Å². The van der Waals surface area contributed by atoms with Gasteiger partial charge in [0.2, 0.25) is 5.16 Å². The van der Waals surface area contributed by atoms with Crippen LogP contribution in [0.25, 0.3) is 0 Å². The van der Waals surface area contributed by atoms with Crippen molar-refractivity contribution in [3.8, 4) is 0 Å². The Labute approximate surface area is 116 Å². The van der Waals surface area contributed by atoms with Crippen molar-refractivity contribution in [2.45, 2.75) is 29.9 Å². The summed E-state index contributed by atoms with van der Waals surface area (Å²) in [6.45, 7) is 3.95. The molecule has 1 aromatic heterocycles. The molecule has 2 N–H and O–H groups in total. The van der Waals surface area contributed by atoms with E-state index >= 15 is 0 Å². The Kier molecular flexibility index (Phi) is 4.27. The number of nitrogens with one attached hydrogen (secondary N) is 2. The molecular weight excluding hydrogens is 268 g/mol. The average Bonchev–Trinajstić information content (AvgIpc) is 2.74. The Morgan fingerprint density at radius 1 is 1.44 bits per heavy atom. The Hall–Kier alpha value is -1.04. The smallest absolute Gasteiger partial charge is 0.213 e. The molecule has 0 saturated heterocycles. The highest BCUT2D eigenvalue weighted by Gasteiger charge is 2.10. The van der Waals surface area contributed by atoms with Gasteiger partial charge in [-0.1, -0.05) is 17.7 Å². The highest BCUT2D eigenvalue weighted by atomic mass is 35.5. The maximum Gasteiger partial charge on any atom is 0.213 e. The molecule has 1 unspecified atom stereocenters. The first-order chi connectivity index (χ1) is 8.60. The zero-order valence-electron chi connectivity index (χ0n) is 10.5. The van der Waals surface area contributed by atoms with Crippen LogP contribution in [0.3, 0.4) is 0 Å². The van der Waals surface area contributed by atoms with Gasteiger partial charge in [0.1, 0.15) is 5.82 Å². The van der Waals surface area contributed by atoms with Crippen molar-refractivity contribution in [2.24, 2.45) is 0 Å². The summed E-state index contributed by atoms with van der Waals surface area (Å²) in [5.74, 6) is 0.809. The van der Waals surface area contributed by atoms with Crippen molar-refractivity contribution in [3.05, 3.63) is 34.6 Å². The summed E-state index contributed by atoms with van der Waals surface area (Å²) in [5.41, 5.74) is 1.09. The molecule has 0 bridgehead atoms. The number of nitrogens with zero attached hydrogens (tertiary/aromatic N) is 2. The van der Waals surface area contributed by atoms with Crippen molar-refractivity contribution in [2.75, 3.05) is 7.05 Å². The molecule has 1 atom stereocenters. The molecule has 0 aliphatic rings. The van der Waals surface area contributed by atoms with E-state index in [4.69, 9.17) is 11.6 Å². The maximum absolute atomic E-state index is 6.27. The summed E-state index contributed by atoms with van der Waals surface area (Å²) in [5, 5.41) is 11.5. The molecule has 0 radical (unpaired) electrons. The molecule has 0 amide bonds. The molecule has 2 aromatic rings. The van der Waals surface area contributed by atoms with Crippen LogP contribution in [-0.2, 0) is 0 Å². The fourth-order valence-electron chi connectivity index (χ4n) is 1.55. The second-order valence-electron chi connectivity index (χ2n) is 4.00. The standard InChI is InChI=1S/C12H15ClN4S/c1-7(14-3)10-5-4-9(6-11(10)13)18-12-15-8(2)16-17-12/h4-7,14H,1-3H3,(H,15,16,17). The van der Waals surface area contributed by atoms with E-state index in [2.05, 4.69) is 27.4 Å². The first-order valence-corrected chi connectivity index (χ1v) is 6.83. The molecular formula is C12H15ClN4S. The lowest BCUT2D eigenvalue weighted by Crippen LogP contribution is -2.12. The molecule has 0 aliphatic carbocycles. The van der Waals surface area contributed by atoms with Crippen LogP contribution in [0, 0.1) is 6.92 Å². The van der Waals surface area contributed by atoms with E-state index in [1.54, 1.807) is 0 Å². The van der Waals surface area contributed by atoms with Gasteiger partial charge in [-0.05, 0) is 50.4 Å². The zero-order chi connectivity index (χ0) is 13.1. The Bertz CT molecular complexity index is 541. The van der Waals surface area contributed by atoms with Gasteiger partial charge >= 0.3 is 0 Å². The molecule has 2 rings (SSSR count). The van der Waals surface area contributed by atoms with Gasteiger partial charge in [-0.3, -0.25) is 5.10 Å². The van der Waals surface area contributed by atoms with E-state index in [9.17, 15) is 0 Å². The minimum atomic E-state index is 0.238. The fraction of sp³-hybridized carbons (Fsp3) is 0.333. The zero-order valence-corrected chi connectivity index (χ0v) is 12.1. The number of aromatic amines is 1. The highest BCUT2D eigenvalue weighted by Crippen LogP contribution is 2.31. The van der Waals surface area contributed by atoms with Crippen LogP contribution in [0.4, 0.5) is 0 Å². The molecule has 1 heterocycles. The predicted octanol–water partition coefficient (Wildman–Crippen LogP) is 3.20. The van der Waals surface area contributed by atoms with Crippen molar-refractivity contribution in [1.29, 1.82) is 0 Å². The number of H-pyrrole nitrogens is 1. The van der Waals surface area contributed by atoms with Crippen LogP contribution in [0.15, 0.2) is 28.3 Å². The SMILES string of the molecule is CNC(C)c1ccc(Sc2n[nH]c(C)n2)cc1Cl. The minimum absolute atomic E-state index is 0.238. The quantitative estimate of drug-likeness (QED) is 0.904. The van der Waals surface area contributed by atoms with Gasteiger partial charge in [0.05, 0.1) is 0 Å². The van der Waals surface area contributed by atoms with Gasteiger partial charge in [0.15, 0.2) is 0 Å². The summed E-state index contributed by atoms with van der Waals surface area (Å²) in [6, 6.07) is 6.25. The molecule has 96 valence electrons. The fourth-order valence-corrected chi connectivity index (χ4v) is 2.76. The molecule has 0 spiro atoms. The summed E-state index contributed by atoms with van der Waals surface area (Å²) < 4.78 is 0. The van der Waals surface area contributed by atoms with Gasteiger partial charge in [0, 0.05) is 16.0 Å². The third-order valence-corrected chi connectivity index (χ3v) is 3.84. The summed E-state index contributed by atoms with van der Waals surface area (Å²) in [6.07, 6.45) is 0. The molecule has 4 nitrogen and oxygen atoms in total. The summed E-state index contributed by atoms with van der Waals surface area (Å²) >= 11 is 7.76.